The molecule has 1 saturated heterocycles. The average Bonchev–Trinajstić information content (AvgIpc) is 3.16. The van der Waals surface area contributed by atoms with Gasteiger partial charge in [0.1, 0.15) is 23.8 Å². The predicted molar refractivity (Wildman–Crippen MR) is 116 cm³/mol. The number of unbranched alkanes of at least 4 members (excludes halogenated alkanes) is 1. The molecule has 11 nitrogen and oxygen atoms in total. The van der Waals surface area contributed by atoms with Crippen molar-refractivity contribution in [3.63, 3.8) is 0 Å². The van der Waals surface area contributed by atoms with Crippen molar-refractivity contribution in [1.82, 2.24) is 9.55 Å². The van der Waals surface area contributed by atoms with Gasteiger partial charge in [-0.1, -0.05) is 6.07 Å². The highest BCUT2D eigenvalue weighted by atomic mass is 16.6. The van der Waals surface area contributed by atoms with Crippen molar-refractivity contribution in [1.29, 1.82) is 5.41 Å². The number of hydrogen-bond acceptors (Lipinski definition) is 9. The fourth-order valence-electron chi connectivity index (χ4n) is 3.63. The van der Waals surface area contributed by atoms with Crippen LogP contribution in [-0.2, 0) is 9.47 Å². The number of para-hydroxylation sites is 1. The van der Waals surface area contributed by atoms with E-state index in [1.54, 1.807) is 18.2 Å². The standard InChI is InChI=1S/C21H27N5O6/c1-29-11-16-12(27)9-18(32-16)26-10-15-20(25-21(26)28)24-19-13(5-4-6-14(19)31-15)30-8-3-2-7-17(22)23/h4-6,10,12,16,18,27H,2-3,7-9,11H2,1H3,(H3,22,23)(H,24,25,28)/t12?,16-,18-/m1/s1/i1TD/t1?,12?,16-,18-. The van der Waals surface area contributed by atoms with Gasteiger partial charge in [-0.3, -0.25) is 9.98 Å². The number of nitrogens with one attached hydrogen (secondary N) is 2. The molecule has 2 aliphatic rings. The molecule has 0 spiro atoms. The number of nitrogens with two attached hydrogens (primary N) is 1. The Labute approximate surface area is 187 Å². The second-order valence-electron chi connectivity index (χ2n) is 7.60. The number of nitrogens with zero attached hydrogens (tertiary/aromatic N) is 2. The number of aliphatic hydroxyl groups excluding tert-OH is 1. The Kier molecular flexibility index (Phi) is 5.83. The molecule has 1 fully saturated rings. The van der Waals surface area contributed by atoms with Crippen molar-refractivity contribution in [2.45, 2.75) is 44.1 Å². The zero-order valence-corrected chi connectivity index (χ0v) is 17.3. The van der Waals surface area contributed by atoms with Gasteiger partial charge in [0.05, 0.1) is 34.1 Å². The highest BCUT2D eigenvalue weighted by Gasteiger charge is 2.36. The fraction of sp³-hybridized carbons (Fsp3) is 0.476. The van der Waals surface area contributed by atoms with Crippen LogP contribution in [0.5, 0.6) is 17.2 Å². The van der Waals surface area contributed by atoms with Crippen molar-refractivity contribution < 1.29 is 26.8 Å². The Morgan fingerprint density at radius 2 is 2.41 bits per heavy atom. The summed E-state index contributed by atoms with van der Waals surface area (Å²) in [5, 5.41) is 20.6. The van der Waals surface area contributed by atoms with Crippen molar-refractivity contribution >= 4 is 17.3 Å². The van der Waals surface area contributed by atoms with Crippen LogP contribution in [0.1, 0.15) is 34.7 Å². The van der Waals surface area contributed by atoms with E-state index in [4.69, 9.17) is 32.8 Å². The Balaban J connectivity index is 1.46. The van der Waals surface area contributed by atoms with Crippen LogP contribution in [0.4, 0.5) is 11.5 Å². The molecule has 0 saturated carbocycles. The molecule has 0 aliphatic carbocycles. The SMILES string of the molecule is [2H]C([3H])OC[C@H]1O[C@@H](n2cc3c(nc2=O)Nc2c(OCCCCC(=N)N)cccc2O3)CC1O. The van der Waals surface area contributed by atoms with Crippen molar-refractivity contribution in [3.8, 4) is 17.2 Å². The molecule has 0 bridgehead atoms. The third kappa shape index (κ3) is 4.69. The number of anilines is 2. The lowest BCUT2D eigenvalue weighted by Gasteiger charge is -2.24. The lowest BCUT2D eigenvalue weighted by Crippen LogP contribution is -2.29. The molecule has 172 valence electrons. The minimum Gasteiger partial charge on any atom is -0.491 e. The van der Waals surface area contributed by atoms with E-state index in [0.29, 0.717) is 36.0 Å². The summed E-state index contributed by atoms with van der Waals surface area (Å²) in [6.07, 6.45) is 1.12. The molecule has 0 radical (unpaired) electrons. The molecule has 4 atom stereocenters. The van der Waals surface area contributed by atoms with Crippen LogP contribution in [0, 0.1) is 5.41 Å². The number of aromatic nitrogens is 2. The van der Waals surface area contributed by atoms with Crippen molar-refractivity contribution in [2.75, 3.05) is 25.6 Å². The Morgan fingerprint density at radius 1 is 1.53 bits per heavy atom. The van der Waals surface area contributed by atoms with Crippen LogP contribution in [0.25, 0.3) is 0 Å². The number of ether oxygens (including phenoxy) is 4. The number of benzene rings is 1. The predicted octanol–water partition coefficient (Wildman–Crippen LogP) is 1.87. The molecule has 5 N–H and O–H groups in total. The summed E-state index contributed by atoms with van der Waals surface area (Å²) in [7, 11) is -1.49. The molecule has 2 aromatic rings. The number of hydrogen-bond donors (Lipinski definition) is 4. The van der Waals surface area contributed by atoms with E-state index < -0.39 is 31.2 Å². The van der Waals surface area contributed by atoms with Gasteiger partial charge in [-0.25, -0.2) is 4.79 Å². The van der Waals surface area contributed by atoms with Crippen LogP contribution in [0.15, 0.2) is 29.2 Å². The van der Waals surface area contributed by atoms with E-state index in [9.17, 15) is 9.90 Å². The number of fused-ring (bicyclic) bond motifs is 2. The minimum absolute atomic E-state index is 0.126. The first kappa shape index (κ1) is 19.5. The average molecular weight is 448 g/mol. The van der Waals surface area contributed by atoms with Crippen LogP contribution in [0.2, 0.25) is 0 Å². The first-order chi connectivity index (χ1) is 16.3. The topological polar surface area (TPSA) is 154 Å². The third-order valence-electron chi connectivity index (χ3n) is 5.24. The lowest BCUT2D eigenvalue weighted by molar-refractivity contribution is -0.0547. The lowest BCUT2D eigenvalue weighted by atomic mass is 10.2. The second-order valence-corrected chi connectivity index (χ2v) is 7.60. The van der Waals surface area contributed by atoms with Crippen LogP contribution in [-0.4, -0.2) is 53.0 Å². The van der Waals surface area contributed by atoms with Gasteiger partial charge in [0.2, 0.25) is 0 Å². The van der Waals surface area contributed by atoms with Crippen LogP contribution >= 0.6 is 0 Å². The maximum atomic E-state index is 12.7. The third-order valence-corrected chi connectivity index (χ3v) is 5.24. The van der Waals surface area contributed by atoms with Crippen LogP contribution < -0.4 is 26.2 Å². The monoisotopic (exact) mass is 448 g/mol. The molecule has 2 unspecified atom stereocenters. The van der Waals surface area contributed by atoms with Gasteiger partial charge in [0.25, 0.3) is 0 Å². The summed E-state index contributed by atoms with van der Waals surface area (Å²) in [6, 6.07) is 5.32. The molecule has 1 aromatic carbocycles. The van der Waals surface area contributed by atoms with Crippen molar-refractivity contribution in [3.05, 3.63) is 34.9 Å². The van der Waals surface area contributed by atoms with Crippen molar-refractivity contribution in [2.24, 2.45) is 5.73 Å². The smallest absolute Gasteiger partial charge is 0.351 e. The summed E-state index contributed by atoms with van der Waals surface area (Å²) in [6.45, 7) is 0.298. The Bertz CT molecular complexity index is 1100. The van der Waals surface area contributed by atoms with Crippen LogP contribution in [0.3, 0.4) is 0 Å². The molecule has 32 heavy (non-hydrogen) atoms. The van der Waals surface area contributed by atoms with Gasteiger partial charge >= 0.3 is 5.69 Å². The number of rotatable bonds is 9. The zero-order chi connectivity index (χ0) is 24.2. The highest BCUT2D eigenvalue weighted by molar-refractivity contribution is 5.77. The van der Waals surface area contributed by atoms with Gasteiger partial charge in [-0.05, 0) is 25.0 Å². The Morgan fingerprint density at radius 3 is 3.22 bits per heavy atom. The molecular weight excluding hydrogens is 418 g/mol. The van der Waals surface area contributed by atoms with Gasteiger partial charge in [-0.15, -0.1) is 0 Å². The molecule has 11 heteroatoms. The summed E-state index contributed by atoms with van der Waals surface area (Å²) < 4.78 is 37.9. The first-order valence-electron chi connectivity index (χ1n) is 11.4. The molecule has 3 heterocycles. The zero-order valence-electron chi connectivity index (χ0n) is 19.3. The maximum absolute atomic E-state index is 12.7. The van der Waals surface area contributed by atoms with E-state index in [1.165, 1.54) is 10.8 Å². The van der Waals surface area contributed by atoms with E-state index in [1.807, 2.05) is 0 Å². The largest absolute Gasteiger partial charge is 0.491 e. The number of amidine groups is 1. The summed E-state index contributed by atoms with van der Waals surface area (Å²) in [5.41, 5.74) is 5.32. The van der Waals surface area contributed by atoms with E-state index in [-0.39, 0.29) is 24.7 Å². The van der Waals surface area contributed by atoms with Gasteiger partial charge in [0.15, 0.2) is 17.3 Å². The molecule has 1 aromatic heterocycles. The highest BCUT2D eigenvalue weighted by Crippen LogP contribution is 2.45. The van der Waals surface area contributed by atoms with E-state index in [2.05, 4.69) is 10.3 Å². The normalized spacial score (nSPS) is 23.1. The van der Waals surface area contributed by atoms with E-state index in [0.717, 1.165) is 12.8 Å². The minimum atomic E-state index is -1.49. The second kappa shape index (κ2) is 9.55. The van der Waals surface area contributed by atoms with Gasteiger partial charge in [0, 0.05) is 19.9 Å². The quantitative estimate of drug-likeness (QED) is 0.218. The summed E-state index contributed by atoms with van der Waals surface area (Å²) >= 11 is 0. The van der Waals surface area contributed by atoms with Gasteiger partial charge in [-0.2, -0.15) is 4.98 Å². The maximum Gasteiger partial charge on any atom is 0.351 e. The molecule has 4 rings (SSSR count). The van der Waals surface area contributed by atoms with E-state index >= 15 is 0 Å². The first-order valence-corrected chi connectivity index (χ1v) is 10.3. The Hall–Kier alpha value is -3.15. The number of aliphatic hydroxyl groups is 1. The summed E-state index contributed by atoms with van der Waals surface area (Å²) in [4.78, 5) is 16.8. The fourth-order valence-corrected chi connectivity index (χ4v) is 3.63. The molecule has 2 aliphatic heterocycles. The summed E-state index contributed by atoms with van der Waals surface area (Å²) in [5.74, 6) is 1.73. The van der Waals surface area contributed by atoms with Gasteiger partial charge < -0.3 is 35.1 Å². The number of methoxy groups -OCH3 is 1. The molecule has 0 amide bonds. The molecular formula is C21H27N5O6.